The molecule has 0 radical (unpaired) electrons. The van der Waals surface area contributed by atoms with Crippen LogP contribution in [0.1, 0.15) is 19.3 Å². The first kappa shape index (κ1) is 24.7. The van der Waals surface area contributed by atoms with Crippen molar-refractivity contribution in [3.63, 3.8) is 0 Å². The second kappa shape index (κ2) is 12.2. The first-order chi connectivity index (χ1) is 13.0. The van der Waals surface area contributed by atoms with Crippen LogP contribution in [0.4, 0.5) is 0 Å². The fourth-order valence-electron chi connectivity index (χ4n) is 1.90. The van der Waals surface area contributed by atoms with Gasteiger partial charge >= 0.3 is 5.97 Å². The van der Waals surface area contributed by atoms with Crippen LogP contribution in [-0.2, 0) is 28.8 Å². The molecular weight excluding hydrogens is 380 g/mol. The smallest absolute Gasteiger partial charge is 0.322 e. The predicted octanol–water partition coefficient (Wildman–Crippen LogP) is -5.38. The van der Waals surface area contributed by atoms with E-state index in [9.17, 15) is 33.9 Å². The highest BCUT2D eigenvalue weighted by Gasteiger charge is 2.28. The highest BCUT2D eigenvalue weighted by Crippen LogP contribution is 1.99. The third kappa shape index (κ3) is 10.0. The van der Waals surface area contributed by atoms with E-state index in [-0.39, 0.29) is 12.8 Å². The third-order valence-corrected chi connectivity index (χ3v) is 3.30. The zero-order valence-corrected chi connectivity index (χ0v) is 14.8. The number of carboxylic acid groups (broad SMARTS) is 1. The Kier molecular flexibility index (Phi) is 10.8. The SMILES string of the molecule is NC(=O)CCC(NC(=O)C(CO)NC(=O)C(N)CC(N)=O)C(=O)NCC(=O)O. The molecule has 0 aliphatic heterocycles. The van der Waals surface area contributed by atoms with Gasteiger partial charge in [0.15, 0.2) is 0 Å². The van der Waals surface area contributed by atoms with Crippen molar-refractivity contribution in [3.8, 4) is 0 Å². The summed E-state index contributed by atoms with van der Waals surface area (Å²) in [6, 6.07) is -4.25. The van der Waals surface area contributed by atoms with Crippen LogP contribution in [0.3, 0.4) is 0 Å². The molecule has 0 bridgehead atoms. The van der Waals surface area contributed by atoms with Gasteiger partial charge in [-0.2, -0.15) is 0 Å². The van der Waals surface area contributed by atoms with Crippen molar-refractivity contribution in [2.24, 2.45) is 17.2 Å². The molecule has 0 aromatic rings. The first-order valence-electron chi connectivity index (χ1n) is 8.01. The highest BCUT2D eigenvalue weighted by atomic mass is 16.4. The molecule has 0 aliphatic rings. The number of carboxylic acids is 1. The van der Waals surface area contributed by atoms with Crippen molar-refractivity contribution in [1.82, 2.24) is 16.0 Å². The number of nitrogens with one attached hydrogen (secondary N) is 3. The summed E-state index contributed by atoms with van der Waals surface area (Å²) in [7, 11) is 0. The van der Waals surface area contributed by atoms with Gasteiger partial charge in [-0.3, -0.25) is 28.8 Å². The molecule has 3 atom stereocenters. The molecular formula is C14H24N6O8. The van der Waals surface area contributed by atoms with Crippen LogP contribution in [0.5, 0.6) is 0 Å². The number of aliphatic hydroxyl groups is 1. The molecule has 158 valence electrons. The molecule has 11 N–H and O–H groups in total. The van der Waals surface area contributed by atoms with Gasteiger partial charge in [-0.05, 0) is 6.42 Å². The minimum absolute atomic E-state index is 0.250. The summed E-state index contributed by atoms with van der Waals surface area (Å²) in [6.07, 6.45) is -1.05. The van der Waals surface area contributed by atoms with E-state index >= 15 is 0 Å². The summed E-state index contributed by atoms with van der Waals surface area (Å²) >= 11 is 0. The number of rotatable bonds is 13. The Morgan fingerprint density at radius 1 is 0.857 bits per heavy atom. The van der Waals surface area contributed by atoms with Crippen molar-refractivity contribution in [2.45, 2.75) is 37.4 Å². The Morgan fingerprint density at radius 2 is 1.43 bits per heavy atom. The molecule has 0 aliphatic carbocycles. The molecule has 14 nitrogen and oxygen atoms in total. The van der Waals surface area contributed by atoms with Crippen molar-refractivity contribution in [1.29, 1.82) is 0 Å². The van der Waals surface area contributed by atoms with Gasteiger partial charge in [-0.15, -0.1) is 0 Å². The molecule has 0 spiro atoms. The lowest BCUT2D eigenvalue weighted by atomic mass is 10.1. The summed E-state index contributed by atoms with van der Waals surface area (Å²) in [5.74, 6) is -5.83. The van der Waals surface area contributed by atoms with Crippen LogP contribution in [0.15, 0.2) is 0 Å². The van der Waals surface area contributed by atoms with Crippen molar-refractivity contribution in [3.05, 3.63) is 0 Å². The maximum atomic E-state index is 12.2. The Bertz CT molecular complexity index is 625. The lowest BCUT2D eigenvalue weighted by molar-refractivity contribution is -0.138. The predicted molar refractivity (Wildman–Crippen MR) is 91.8 cm³/mol. The van der Waals surface area contributed by atoms with Gasteiger partial charge in [-0.25, -0.2) is 0 Å². The topological polar surface area (TPSA) is 257 Å². The number of carbonyl (C=O) groups excluding carboxylic acids is 5. The Morgan fingerprint density at radius 3 is 1.89 bits per heavy atom. The van der Waals surface area contributed by atoms with Gasteiger partial charge < -0.3 is 43.4 Å². The maximum Gasteiger partial charge on any atom is 0.322 e. The quantitative estimate of drug-likeness (QED) is 0.145. The van der Waals surface area contributed by atoms with Crippen LogP contribution in [0.2, 0.25) is 0 Å². The Balaban J connectivity index is 5.03. The zero-order valence-electron chi connectivity index (χ0n) is 14.8. The van der Waals surface area contributed by atoms with E-state index in [4.69, 9.17) is 22.3 Å². The average molecular weight is 404 g/mol. The number of aliphatic hydroxyl groups excluding tert-OH is 1. The molecule has 5 amide bonds. The number of primary amides is 2. The van der Waals surface area contributed by atoms with E-state index in [0.29, 0.717) is 0 Å². The van der Waals surface area contributed by atoms with E-state index in [2.05, 4.69) is 10.6 Å². The van der Waals surface area contributed by atoms with Crippen LogP contribution in [0, 0.1) is 0 Å². The van der Waals surface area contributed by atoms with Gasteiger partial charge in [0.2, 0.25) is 29.5 Å². The molecule has 0 heterocycles. The zero-order chi connectivity index (χ0) is 21.9. The molecule has 28 heavy (non-hydrogen) atoms. The number of amides is 5. The van der Waals surface area contributed by atoms with Crippen LogP contribution < -0.4 is 33.2 Å². The first-order valence-corrected chi connectivity index (χ1v) is 8.01. The maximum absolute atomic E-state index is 12.2. The average Bonchev–Trinajstić information content (AvgIpc) is 2.59. The Labute approximate surface area is 159 Å². The molecule has 14 heteroatoms. The van der Waals surface area contributed by atoms with Crippen molar-refractivity contribution >= 4 is 35.5 Å². The molecule has 0 rings (SSSR count). The normalized spacial score (nSPS) is 13.5. The monoisotopic (exact) mass is 404 g/mol. The number of hydrogen-bond acceptors (Lipinski definition) is 8. The van der Waals surface area contributed by atoms with Crippen LogP contribution >= 0.6 is 0 Å². The van der Waals surface area contributed by atoms with Gasteiger partial charge in [0.05, 0.1) is 19.1 Å². The van der Waals surface area contributed by atoms with Crippen LogP contribution in [0.25, 0.3) is 0 Å². The van der Waals surface area contributed by atoms with Gasteiger partial charge in [0.1, 0.15) is 18.6 Å². The molecule has 0 aromatic carbocycles. The lowest BCUT2D eigenvalue weighted by Gasteiger charge is -2.22. The van der Waals surface area contributed by atoms with Gasteiger partial charge in [0, 0.05) is 6.42 Å². The van der Waals surface area contributed by atoms with Crippen LogP contribution in [-0.4, -0.2) is 77.0 Å². The van der Waals surface area contributed by atoms with E-state index < -0.39 is 73.2 Å². The molecule has 0 aromatic heterocycles. The highest BCUT2D eigenvalue weighted by molar-refractivity contribution is 5.94. The number of hydrogen-bond donors (Lipinski definition) is 8. The Hall–Kier alpha value is -3.26. The minimum Gasteiger partial charge on any atom is -0.480 e. The van der Waals surface area contributed by atoms with Crippen molar-refractivity contribution < 1.29 is 39.0 Å². The molecule has 0 fully saturated rings. The van der Waals surface area contributed by atoms with E-state index in [1.807, 2.05) is 5.32 Å². The fourth-order valence-corrected chi connectivity index (χ4v) is 1.90. The third-order valence-electron chi connectivity index (χ3n) is 3.30. The van der Waals surface area contributed by atoms with Crippen molar-refractivity contribution in [2.75, 3.05) is 13.2 Å². The second-order valence-corrected chi connectivity index (χ2v) is 5.70. The number of carbonyl (C=O) groups is 6. The fraction of sp³-hybridized carbons (Fsp3) is 0.571. The number of aliphatic carboxylic acids is 1. The lowest BCUT2D eigenvalue weighted by Crippen LogP contribution is -2.57. The summed E-state index contributed by atoms with van der Waals surface area (Å²) in [6.45, 7) is -1.61. The minimum atomic E-state index is -1.53. The second-order valence-electron chi connectivity index (χ2n) is 5.70. The molecule has 3 unspecified atom stereocenters. The summed E-state index contributed by atoms with van der Waals surface area (Å²) in [5, 5.41) is 24.2. The molecule has 0 saturated carbocycles. The van der Waals surface area contributed by atoms with E-state index in [1.54, 1.807) is 0 Å². The largest absolute Gasteiger partial charge is 0.480 e. The standard InChI is InChI=1S/C14H24N6O8/c15-6(3-10(17)23)12(26)20-8(5-21)14(28)19-7(1-2-9(16)22)13(27)18-4-11(24)25/h6-8,21H,1-5,15H2,(H2,16,22)(H2,17,23)(H,18,27)(H,19,28)(H,20,26)(H,24,25). The van der Waals surface area contributed by atoms with E-state index in [1.165, 1.54) is 0 Å². The summed E-state index contributed by atoms with van der Waals surface area (Å²) in [4.78, 5) is 68.3. The number of nitrogens with two attached hydrogens (primary N) is 3. The summed E-state index contributed by atoms with van der Waals surface area (Å²) in [5.41, 5.74) is 15.3. The van der Waals surface area contributed by atoms with Gasteiger partial charge in [-0.1, -0.05) is 0 Å². The van der Waals surface area contributed by atoms with E-state index in [0.717, 1.165) is 0 Å². The summed E-state index contributed by atoms with van der Waals surface area (Å²) < 4.78 is 0. The molecule has 0 saturated heterocycles. The van der Waals surface area contributed by atoms with Gasteiger partial charge in [0.25, 0.3) is 0 Å².